The second-order valence-electron chi connectivity index (χ2n) is 6.44. The van der Waals surface area contributed by atoms with E-state index in [2.05, 4.69) is 15.4 Å². The van der Waals surface area contributed by atoms with Crippen LogP contribution in [0.1, 0.15) is 31.1 Å². The number of carbonyl (C=O) groups excluding carboxylic acids is 2. The SMILES string of the molecule is Cc1nc(CN2C(=O)NC(=O)C2(C)C)n(-c2ccc(C(F)(F)F)cc2)n1. The van der Waals surface area contributed by atoms with Crippen molar-refractivity contribution in [1.82, 2.24) is 25.0 Å². The molecule has 3 rings (SSSR count). The van der Waals surface area contributed by atoms with E-state index in [1.54, 1.807) is 20.8 Å². The molecule has 1 saturated heterocycles. The van der Waals surface area contributed by atoms with Gasteiger partial charge in [-0.3, -0.25) is 10.1 Å². The van der Waals surface area contributed by atoms with Crippen LogP contribution in [0.5, 0.6) is 0 Å². The standard InChI is InChI=1S/C16H16F3N5O2/c1-9-20-12(8-23-14(26)21-13(25)15(23,2)3)24(22-9)11-6-4-10(5-7-11)16(17,18)19/h4-7H,8H2,1-3H3,(H,21,25,26). The first-order valence-electron chi connectivity index (χ1n) is 7.73. The van der Waals surface area contributed by atoms with Gasteiger partial charge in [0.05, 0.1) is 17.8 Å². The number of urea groups is 1. The molecule has 0 spiro atoms. The summed E-state index contributed by atoms with van der Waals surface area (Å²) in [4.78, 5) is 29.4. The van der Waals surface area contributed by atoms with E-state index in [-0.39, 0.29) is 6.54 Å². The smallest absolute Gasteiger partial charge is 0.303 e. The van der Waals surface area contributed by atoms with Crippen molar-refractivity contribution in [1.29, 1.82) is 0 Å². The van der Waals surface area contributed by atoms with Crippen molar-refractivity contribution in [2.45, 2.75) is 39.0 Å². The van der Waals surface area contributed by atoms with Crippen molar-refractivity contribution in [3.63, 3.8) is 0 Å². The molecule has 0 unspecified atom stereocenters. The first-order chi connectivity index (χ1) is 12.0. The molecule has 138 valence electrons. The lowest BCUT2D eigenvalue weighted by atomic mass is 10.0. The molecule has 26 heavy (non-hydrogen) atoms. The van der Waals surface area contributed by atoms with Gasteiger partial charge in [0.1, 0.15) is 11.4 Å². The van der Waals surface area contributed by atoms with Crippen LogP contribution in [0.25, 0.3) is 5.69 Å². The average molecular weight is 367 g/mol. The van der Waals surface area contributed by atoms with E-state index in [0.717, 1.165) is 12.1 Å². The van der Waals surface area contributed by atoms with Crippen LogP contribution in [-0.4, -0.2) is 37.1 Å². The Hall–Kier alpha value is -2.91. The van der Waals surface area contributed by atoms with Crippen molar-refractivity contribution in [2.24, 2.45) is 0 Å². The zero-order chi connectivity index (χ0) is 19.3. The fraction of sp³-hybridized carbons (Fsp3) is 0.375. The number of imide groups is 1. The molecule has 3 amide bonds. The Morgan fingerprint density at radius 2 is 1.77 bits per heavy atom. The first kappa shape index (κ1) is 17.9. The normalized spacial score (nSPS) is 16.9. The maximum absolute atomic E-state index is 12.7. The second-order valence-corrected chi connectivity index (χ2v) is 6.44. The molecule has 1 aromatic carbocycles. The van der Waals surface area contributed by atoms with E-state index in [1.165, 1.54) is 21.7 Å². The molecule has 10 heteroatoms. The quantitative estimate of drug-likeness (QED) is 0.845. The van der Waals surface area contributed by atoms with Gasteiger partial charge in [-0.1, -0.05) is 0 Å². The summed E-state index contributed by atoms with van der Waals surface area (Å²) in [6.45, 7) is 4.80. The highest BCUT2D eigenvalue weighted by atomic mass is 19.4. The van der Waals surface area contributed by atoms with Gasteiger partial charge in [0.15, 0.2) is 5.82 Å². The summed E-state index contributed by atoms with van der Waals surface area (Å²) in [6.07, 6.45) is -4.43. The molecule has 0 saturated carbocycles. The van der Waals surface area contributed by atoms with Crippen LogP contribution in [0, 0.1) is 6.92 Å². The lowest BCUT2D eigenvalue weighted by Crippen LogP contribution is -2.44. The fourth-order valence-electron chi connectivity index (χ4n) is 2.66. The molecule has 1 N–H and O–H groups in total. The molecule has 2 aromatic rings. The topological polar surface area (TPSA) is 80.1 Å². The van der Waals surface area contributed by atoms with Gasteiger partial charge >= 0.3 is 12.2 Å². The minimum absolute atomic E-state index is 0.0214. The number of nitrogens with one attached hydrogen (secondary N) is 1. The van der Waals surface area contributed by atoms with Crippen LogP contribution >= 0.6 is 0 Å². The van der Waals surface area contributed by atoms with E-state index in [9.17, 15) is 22.8 Å². The van der Waals surface area contributed by atoms with E-state index in [0.29, 0.717) is 17.3 Å². The van der Waals surface area contributed by atoms with Gasteiger partial charge in [-0.15, -0.1) is 0 Å². The molecule has 0 aliphatic carbocycles. The number of hydrogen-bond acceptors (Lipinski definition) is 4. The van der Waals surface area contributed by atoms with E-state index in [1.807, 2.05) is 0 Å². The van der Waals surface area contributed by atoms with Crippen LogP contribution in [0.3, 0.4) is 0 Å². The lowest BCUT2D eigenvalue weighted by Gasteiger charge is -2.27. The number of benzene rings is 1. The summed E-state index contributed by atoms with van der Waals surface area (Å²) in [5.41, 5.74) is -1.47. The Morgan fingerprint density at radius 1 is 1.15 bits per heavy atom. The summed E-state index contributed by atoms with van der Waals surface area (Å²) >= 11 is 0. The van der Waals surface area contributed by atoms with Crippen LogP contribution in [0.2, 0.25) is 0 Å². The molecular formula is C16H16F3N5O2. The number of aromatic nitrogens is 3. The third kappa shape index (κ3) is 3.02. The predicted octanol–water partition coefficient (Wildman–Crippen LogP) is 2.42. The minimum atomic E-state index is -4.43. The highest BCUT2D eigenvalue weighted by molar-refractivity contribution is 6.06. The molecule has 1 aliphatic rings. The molecule has 0 radical (unpaired) electrons. The summed E-state index contributed by atoms with van der Waals surface area (Å²) in [7, 11) is 0. The molecule has 0 bridgehead atoms. The van der Waals surface area contributed by atoms with Gasteiger partial charge in [0, 0.05) is 0 Å². The lowest BCUT2D eigenvalue weighted by molar-refractivity contribution is -0.137. The number of carbonyl (C=O) groups is 2. The van der Waals surface area contributed by atoms with Crippen molar-refractivity contribution < 1.29 is 22.8 Å². The number of alkyl halides is 3. The zero-order valence-electron chi connectivity index (χ0n) is 14.3. The Morgan fingerprint density at radius 3 is 2.27 bits per heavy atom. The molecule has 7 nitrogen and oxygen atoms in total. The van der Waals surface area contributed by atoms with Gasteiger partial charge in [0.25, 0.3) is 5.91 Å². The Labute approximate surface area is 146 Å². The van der Waals surface area contributed by atoms with Crippen molar-refractivity contribution in [3.8, 4) is 5.69 Å². The summed E-state index contributed by atoms with van der Waals surface area (Å²) < 4.78 is 39.5. The molecule has 2 heterocycles. The van der Waals surface area contributed by atoms with Gasteiger partial charge < -0.3 is 4.90 Å². The van der Waals surface area contributed by atoms with Gasteiger partial charge in [-0.25, -0.2) is 14.5 Å². The number of hydrogen-bond donors (Lipinski definition) is 1. The maximum atomic E-state index is 12.7. The zero-order valence-corrected chi connectivity index (χ0v) is 14.3. The molecule has 1 fully saturated rings. The Bertz CT molecular complexity index is 871. The van der Waals surface area contributed by atoms with E-state index >= 15 is 0 Å². The number of aryl methyl sites for hydroxylation is 1. The third-order valence-electron chi connectivity index (χ3n) is 4.21. The van der Waals surface area contributed by atoms with E-state index < -0.39 is 29.2 Å². The van der Waals surface area contributed by atoms with E-state index in [4.69, 9.17) is 0 Å². The first-order valence-corrected chi connectivity index (χ1v) is 7.73. The van der Waals surface area contributed by atoms with Crippen molar-refractivity contribution in [2.75, 3.05) is 0 Å². The minimum Gasteiger partial charge on any atom is -0.303 e. The van der Waals surface area contributed by atoms with Crippen LogP contribution < -0.4 is 5.32 Å². The number of nitrogens with zero attached hydrogens (tertiary/aromatic N) is 4. The Balaban J connectivity index is 1.94. The van der Waals surface area contributed by atoms with Gasteiger partial charge in [-0.2, -0.15) is 18.3 Å². The molecule has 1 aromatic heterocycles. The summed E-state index contributed by atoms with van der Waals surface area (Å²) in [5, 5.41) is 6.42. The number of halogens is 3. The number of rotatable bonds is 3. The van der Waals surface area contributed by atoms with Crippen LogP contribution in [0.15, 0.2) is 24.3 Å². The van der Waals surface area contributed by atoms with Gasteiger partial charge in [-0.05, 0) is 45.0 Å². The average Bonchev–Trinajstić information content (AvgIpc) is 2.99. The van der Waals surface area contributed by atoms with Crippen LogP contribution in [-0.2, 0) is 17.5 Å². The van der Waals surface area contributed by atoms with Crippen molar-refractivity contribution >= 4 is 11.9 Å². The Kier molecular flexibility index (Phi) is 4.01. The van der Waals surface area contributed by atoms with Gasteiger partial charge in [0.2, 0.25) is 0 Å². The van der Waals surface area contributed by atoms with Crippen molar-refractivity contribution in [3.05, 3.63) is 41.5 Å². The van der Waals surface area contributed by atoms with Crippen LogP contribution in [0.4, 0.5) is 18.0 Å². The molecule has 1 aliphatic heterocycles. The maximum Gasteiger partial charge on any atom is 0.416 e. The predicted molar refractivity (Wildman–Crippen MR) is 84.3 cm³/mol. The largest absolute Gasteiger partial charge is 0.416 e. The fourth-order valence-corrected chi connectivity index (χ4v) is 2.66. The highest BCUT2D eigenvalue weighted by Gasteiger charge is 2.46. The summed E-state index contributed by atoms with van der Waals surface area (Å²) in [6, 6.07) is 3.90. The second kappa shape index (κ2) is 5.82. The molecule has 0 atom stereocenters. The highest BCUT2D eigenvalue weighted by Crippen LogP contribution is 2.30. The monoisotopic (exact) mass is 367 g/mol. The molecular weight excluding hydrogens is 351 g/mol. The number of amides is 3. The summed E-state index contributed by atoms with van der Waals surface area (Å²) in [5.74, 6) is 0.295. The third-order valence-corrected chi connectivity index (χ3v) is 4.21.